The van der Waals surface area contributed by atoms with Gasteiger partial charge in [0.25, 0.3) is 6.10 Å². The fraction of sp³-hybridized carbons (Fsp3) is 0.308. The predicted octanol–water partition coefficient (Wildman–Crippen LogP) is 3.31. The van der Waals surface area contributed by atoms with Crippen molar-refractivity contribution in [3.63, 3.8) is 0 Å². The molecule has 3 nitrogen and oxygen atoms in total. The third-order valence-electron chi connectivity index (χ3n) is 2.53. The highest BCUT2D eigenvalue weighted by molar-refractivity contribution is 5.89. The van der Waals surface area contributed by atoms with Gasteiger partial charge in [-0.15, -0.1) is 0 Å². The summed E-state index contributed by atoms with van der Waals surface area (Å²) in [5.41, 5.74) is -0.871. The molecule has 1 atom stereocenters. The highest BCUT2D eigenvalue weighted by Crippen LogP contribution is 2.36. The van der Waals surface area contributed by atoms with Crippen LogP contribution in [-0.2, 0) is 9.53 Å². The lowest BCUT2D eigenvalue weighted by Gasteiger charge is -2.24. The predicted molar refractivity (Wildman–Crippen MR) is 62.5 cm³/mol. The van der Waals surface area contributed by atoms with Crippen molar-refractivity contribution >= 4 is 5.97 Å². The van der Waals surface area contributed by atoms with Crippen LogP contribution in [0.15, 0.2) is 42.5 Å². The van der Waals surface area contributed by atoms with E-state index in [-0.39, 0.29) is 5.56 Å². The van der Waals surface area contributed by atoms with Crippen LogP contribution in [0.5, 0.6) is 0 Å². The first-order chi connectivity index (χ1) is 9.94. The lowest BCUT2D eigenvalue weighted by Crippen LogP contribution is -2.45. The van der Waals surface area contributed by atoms with Crippen LogP contribution in [0.1, 0.15) is 11.7 Å². The molecule has 0 fully saturated rings. The normalized spacial score (nSPS) is 13.8. The van der Waals surface area contributed by atoms with Gasteiger partial charge in [-0.3, -0.25) is 0 Å². The molecule has 0 saturated carbocycles. The summed E-state index contributed by atoms with van der Waals surface area (Å²) in [5, 5.41) is 9.72. The molecular formula is C13H10F6O3. The summed E-state index contributed by atoms with van der Waals surface area (Å²) in [6.45, 7) is 2.99. The zero-order valence-electron chi connectivity index (χ0n) is 10.8. The maximum absolute atomic E-state index is 12.3. The van der Waals surface area contributed by atoms with Crippen molar-refractivity contribution in [2.45, 2.75) is 24.6 Å². The zero-order valence-corrected chi connectivity index (χ0v) is 10.8. The molecule has 0 heterocycles. The fourth-order valence-corrected chi connectivity index (χ4v) is 1.45. The first-order valence-electron chi connectivity index (χ1n) is 5.70. The van der Waals surface area contributed by atoms with Gasteiger partial charge in [0, 0.05) is 0 Å². The molecule has 0 bridgehead atoms. The molecule has 1 rings (SSSR count). The lowest BCUT2D eigenvalue weighted by molar-refractivity contribution is -0.312. The van der Waals surface area contributed by atoms with Crippen LogP contribution in [0, 0.1) is 0 Å². The van der Waals surface area contributed by atoms with Crippen molar-refractivity contribution in [2.24, 2.45) is 0 Å². The Hall–Kier alpha value is -2.03. The van der Waals surface area contributed by atoms with Gasteiger partial charge in [-0.1, -0.05) is 36.9 Å². The van der Waals surface area contributed by atoms with E-state index in [2.05, 4.69) is 11.3 Å². The third-order valence-corrected chi connectivity index (χ3v) is 2.53. The number of aliphatic hydroxyl groups excluding tert-OH is 1. The van der Waals surface area contributed by atoms with Crippen molar-refractivity contribution in [3.05, 3.63) is 48.0 Å². The molecule has 0 aliphatic rings. The Balaban J connectivity index is 2.89. The zero-order chi connectivity index (χ0) is 17.1. The molecule has 122 valence electrons. The minimum atomic E-state index is -5.83. The molecular weight excluding hydrogens is 318 g/mol. The standard InChI is InChI=1S/C13H10F6O3/c1-7(9(20)8-5-3-2-4-6-8)10(21)22-11(12(14,15)16)13(17,18)19/h2-6,9,11,20H,1H2/t9-/m1/s1. The fourth-order valence-electron chi connectivity index (χ4n) is 1.45. The van der Waals surface area contributed by atoms with Gasteiger partial charge in [0.2, 0.25) is 0 Å². The number of aliphatic hydroxyl groups is 1. The average molecular weight is 328 g/mol. The molecule has 0 amide bonds. The van der Waals surface area contributed by atoms with Crippen LogP contribution in [0.25, 0.3) is 0 Å². The molecule has 0 spiro atoms. The van der Waals surface area contributed by atoms with Gasteiger partial charge in [0.15, 0.2) is 0 Å². The minimum Gasteiger partial charge on any atom is -0.439 e. The largest absolute Gasteiger partial charge is 0.439 e. The highest BCUT2D eigenvalue weighted by atomic mass is 19.4. The van der Waals surface area contributed by atoms with E-state index >= 15 is 0 Å². The number of carbonyl (C=O) groups is 1. The number of rotatable bonds is 4. The van der Waals surface area contributed by atoms with Crippen molar-refractivity contribution in [1.29, 1.82) is 0 Å². The van der Waals surface area contributed by atoms with E-state index in [4.69, 9.17) is 0 Å². The van der Waals surface area contributed by atoms with Crippen LogP contribution in [0.2, 0.25) is 0 Å². The van der Waals surface area contributed by atoms with E-state index in [9.17, 15) is 36.2 Å². The first kappa shape index (κ1) is 18.0. The number of esters is 1. The molecule has 9 heteroatoms. The van der Waals surface area contributed by atoms with Gasteiger partial charge in [-0.2, -0.15) is 26.3 Å². The second-order valence-electron chi connectivity index (χ2n) is 4.21. The molecule has 0 saturated heterocycles. The van der Waals surface area contributed by atoms with E-state index in [1.807, 2.05) is 0 Å². The number of halogens is 6. The molecule has 1 N–H and O–H groups in total. The van der Waals surface area contributed by atoms with Gasteiger partial charge < -0.3 is 9.84 Å². The van der Waals surface area contributed by atoms with Gasteiger partial charge >= 0.3 is 18.3 Å². The van der Waals surface area contributed by atoms with E-state index in [1.54, 1.807) is 6.07 Å². The number of ether oxygens (including phenoxy) is 1. The summed E-state index contributed by atoms with van der Waals surface area (Å²) in [7, 11) is 0. The molecule has 22 heavy (non-hydrogen) atoms. The molecule has 0 unspecified atom stereocenters. The molecule has 0 aliphatic carbocycles. The quantitative estimate of drug-likeness (QED) is 0.524. The van der Waals surface area contributed by atoms with Crippen molar-refractivity contribution in [3.8, 4) is 0 Å². The number of benzene rings is 1. The van der Waals surface area contributed by atoms with E-state index < -0.39 is 36.1 Å². The van der Waals surface area contributed by atoms with E-state index in [0.29, 0.717) is 0 Å². The third kappa shape index (κ3) is 4.48. The van der Waals surface area contributed by atoms with E-state index in [1.165, 1.54) is 24.3 Å². The van der Waals surface area contributed by atoms with Crippen molar-refractivity contribution in [2.75, 3.05) is 0 Å². The lowest BCUT2D eigenvalue weighted by atomic mass is 10.0. The molecule has 0 radical (unpaired) electrons. The number of hydrogen-bond donors (Lipinski definition) is 1. The summed E-state index contributed by atoms with van der Waals surface area (Å²) >= 11 is 0. The Labute approximate surface area is 120 Å². The second kappa shape index (κ2) is 6.39. The summed E-state index contributed by atoms with van der Waals surface area (Å²) in [6, 6.07) is 7.08. The van der Waals surface area contributed by atoms with Crippen LogP contribution < -0.4 is 0 Å². The van der Waals surface area contributed by atoms with E-state index in [0.717, 1.165) is 0 Å². The number of hydrogen-bond acceptors (Lipinski definition) is 3. The van der Waals surface area contributed by atoms with Crippen LogP contribution in [0.3, 0.4) is 0 Å². The SMILES string of the molecule is C=C(C(=O)OC(C(F)(F)F)C(F)(F)F)[C@@H](O)c1ccccc1. The maximum atomic E-state index is 12.3. The summed E-state index contributed by atoms with van der Waals surface area (Å²) < 4.78 is 77.1. The summed E-state index contributed by atoms with van der Waals surface area (Å²) in [5.74, 6) is -1.99. The minimum absolute atomic E-state index is 0.0695. The Bertz CT molecular complexity index is 521. The number of alkyl halides is 6. The Morgan fingerprint density at radius 3 is 1.91 bits per heavy atom. The summed E-state index contributed by atoms with van der Waals surface area (Å²) in [4.78, 5) is 11.4. The van der Waals surface area contributed by atoms with Gasteiger partial charge in [-0.05, 0) is 5.56 Å². The topological polar surface area (TPSA) is 46.5 Å². The Morgan fingerprint density at radius 1 is 1.05 bits per heavy atom. The molecule has 0 aliphatic heterocycles. The molecule has 0 aromatic heterocycles. The summed E-state index contributed by atoms with van der Waals surface area (Å²) in [6.07, 6.45) is -17.7. The van der Waals surface area contributed by atoms with Gasteiger partial charge in [-0.25, -0.2) is 4.79 Å². The highest BCUT2D eigenvalue weighted by Gasteiger charge is 2.60. The number of carbonyl (C=O) groups excluding carboxylic acids is 1. The van der Waals surface area contributed by atoms with Crippen LogP contribution in [-0.4, -0.2) is 29.5 Å². The Morgan fingerprint density at radius 2 is 1.50 bits per heavy atom. The van der Waals surface area contributed by atoms with Gasteiger partial charge in [0.05, 0.1) is 5.57 Å². The average Bonchev–Trinajstić information content (AvgIpc) is 2.41. The monoisotopic (exact) mass is 328 g/mol. The molecule has 1 aromatic rings. The van der Waals surface area contributed by atoms with Crippen LogP contribution in [0.4, 0.5) is 26.3 Å². The maximum Gasteiger partial charge on any atom is 0.434 e. The second-order valence-corrected chi connectivity index (χ2v) is 4.21. The van der Waals surface area contributed by atoms with Crippen LogP contribution >= 0.6 is 0 Å². The first-order valence-corrected chi connectivity index (χ1v) is 5.70. The van der Waals surface area contributed by atoms with Crippen molar-refractivity contribution in [1.82, 2.24) is 0 Å². The smallest absolute Gasteiger partial charge is 0.434 e. The van der Waals surface area contributed by atoms with Crippen molar-refractivity contribution < 1.29 is 41.0 Å². The molecule has 1 aromatic carbocycles. The Kier molecular flexibility index (Phi) is 5.23. The van der Waals surface area contributed by atoms with Gasteiger partial charge in [0.1, 0.15) is 6.10 Å².